The van der Waals surface area contributed by atoms with Crippen molar-refractivity contribution in [3.8, 4) is 0 Å². The average molecular weight is 284 g/mol. The summed E-state index contributed by atoms with van der Waals surface area (Å²) >= 11 is 5.81. The maximum atomic E-state index is 9.98. The van der Waals surface area contributed by atoms with Crippen molar-refractivity contribution in [1.82, 2.24) is 5.32 Å². The summed E-state index contributed by atoms with van der Waals surface area (Å²) in [7, 11) is 0. The summed E-state index contributed by atoms with van der Waals surface area (Å²) in [6.45, 7) is 2.04. The summed E-state index contributed by atoms with van der Waals surface area (Å²) in [6, 6.07) is 7.29. The van der Waals surface area contributed by atoms with Gasteiger partial charge in [-0.2, -0.15) is 0 Å². The van der Waals surface area contributed by atoms with Crippen molar-refractivity contribution < 1.29 is 9.84 Å². The first-order valence-electron chi connectivity index (χ1n) is 7.01. The van der Waals surface area contributed by atoms with Gasteiger partial charge in [0, 0.05) is 18.1 Å². The lowest BCUT2D eigenvalue weighted by atomic mass is 10.1. The lowest BCUT2D eigenvalue weighted by Crippen LogP contribution is -2.26. The number of aliphatic hydroxyl groups excluding tert-OH is 1. The SMILES string of the molecule is OC(CNCCOC1CCCC1)c1ccc(Cl)cc1. The van der Waals surface area contributed by atoms with E-state index < -0.39 is 6.10 Å². The van der Waals surface area contributed by atoms with E-state index >= 15 is 0 Å². The molecule has 0 aromatic heterocycles. The van der Waals surface area contributed by atoms with Crippen LogP contribution in [0.1, 0.15) is 37.4 Å². The van der Waals surface area contributed by atoms with Crippen LogP contribution >= 0.6 is 11.6 Å². The van der Waals surface area contributed by atoms with Gasteiger partial charge < -0.3 is 15.2 Å². The Kier molecular flexibility index (Phi) is 6.11. The van der Waals surface area contributed by atoms with Gasteiger partial charge in [-0.05, 0) is 30.5 Å². The summed E-state index contributed by atoms with van der Waals surface area (Å²) in [5.41, 5.74) is 0.883. The molecule has 2 N–H and O–H groups in total. The number of hydrogen-bond donors (Lipinski definition) is 2. The molecule has 1 fully saturated rings. The zero-order valence-electron chi connectivity index (χ0n) is 11.1. The van der Waals surface area contributed by atoms with Crippen molar-refractivity contribution in [1.29, 1.82) is 0 Å². The number of aliphatic hydroxyl groups is 1. The third-order valence-electron chi connectivity index (χ3n) is 3.53. The second kappa shape index (κ2) is 7.85. The molecule has 1 aliphatic rings. The largest absolute Gasteiger partial charge is 0.387 e. The molecule has 19 heavy (non-hydrogen) atoms. The van der Waals surface area contributed by atoms with Gasteiger partial charge in [-0.1, -0.05) is 36.6 Å². The number of nitrogens with one attached hydrogen (secondary N) is 1. The van der Waals surface area contributed by atoms with Gasteiger partial charge in [0.2, 0.25) is 0 Å². The van der Waals surface area contributed by atoms with Crippen LogP contribution in [-0.2, 0) is 4.74 Å². The molecule has 1 atom stereocenters. The van der Waals surface area contributed by atoms with E-state index in [-0.39, 0.29) is 0 Å². The van der Waals surface area contributed by atoms with E-state index in [1.165, 1.54) is 25.7 Å². The minimum Gasteiger partial charge on any atom is -0.387 e. The Balaban J connectivity index is 1.58. The van der Waals surface area contributed by atoms with Crippen molar-refractivity contribution in [2.45, 2.75) is 37.9 Å². The molecule has 1 saturated carbocycles. The molecular formula is C15H22ClNO2. The highest BCUT2D eigenvalue weighted by Crippen LogP contribution is 2.20. The molecule has 0 spiro atoms. The Hall–Kier alpha value is -0.610. The standard InChI is InChI=1S/C15H22ClNO2/c16-13-7-5-12(6-8-13)15(18)11-17-9-10-19-14-3-1-2-4-14/h5-8,14-15,17-18H,1-4,9-11H2. The maximum Gasteiger partial charge on any atom is 0.0914 e. The second-order valence-corrected chi connectivity index (χ2v) is 5.49. The molecule has 1 aromatic rings. The van der Waals surface area contributed by atoms with Gasteiger partial charge in [-0.15, -0.1) is 0 Å². The molecule has 2 rings (SSSR count). The number of hydrogen-bond acceptors (Lipinski definition) is 3. The van der Waals surface area contributed by atoms with Gasteiger partial charge >= 0.3 is 0 Å². The number of ether oxygens (including phenoxy) is 1. The highest BCUT2D eigenvalue weighted by atomic mass is 35.5. The normalized spacial score (nSPS) is 17.8. The number of halogens is 1. The van der Waals surface area contributed by atoms with E-state index in [0.717, 1.165) is 18.7 Å². The molecule has 0 amide bonds. The molecule has 0 radical (unpaired) electrons. The first-order valence-corrected chi connectivity index (χ1v) is 7.39. The Bertz CT molecular complexity index is 363. The average Bonchev–Trinajstić information content (AvgIpc) is 2.92. The molecular weight excluding hydrogens is 262 g/mol. The molecule has 1 aliphatic carbocycles. The number of rotatable bonds is 7. The van der Waals surface area contributed by atoms with E-state index in [0.29, 0.717) is 17.7 Å². The molecule has 0 bridgehead atoms. The fourth-order valence-electron chi connectivity index (χ4n) is 2.39. The Labute approximate surface area is 119 Å². The van der Waals surface area contributed by atoms with E-state index in [1.54, 1.807) is 12.1 Å². The van der Waals surface area contributed by atoms with Crippen LogP contribution in [0, 0.1) is 0 Å². The third kappa shape index (κ3) is 5.11. The third-order valence-corrected chi connectivity index (χ3v) is 3.78. The van der Waals surface area contributed by atoms with Gasteiger partial charge in [0.05, 0.1) is 18.8 Å². The van der Waals surface area contributed by atoms with Crippen LogP contribution in [0.2, 0.25) is 5.02 Å². The van der Waals surface area contributed by atoms with Gasteiger partial charge in [-0.25, -0.2) is 0 Å². The lowest BCUT2D eigenvalue weighted by molar-refractivity contribution is 0.0585. The Morgan fingerprint density at radius 1 is 1.26 bits per heavy atom. The van der Waals surface area contributed by atoms with E-state index in [1.807, 2.05) is 12.1 Å². The van der Waals surface area contributed by atoms with Gasteiger partial charge in [0.15, 0.2) is 0 Å². The molecule has 1 aromatic carbocycles. The van der Waals surface area contributed by atoms with E-state index in [2.05, 4.69) is 5.32 Å². The van der Waals surface area contributed by atoms with Gasteiger partial charge in [0.25, 0.3) is 0 Å². The first kappa shape index (κ1) is 14.8. The van der Waals surface area contributed by atoms with Crippen LogP contribution in [0.4, 0.5) is 0 Å². The van der Waals surface area contributed by atoms with Crippen LogP contribution < -0.4 is 5.32 Å². The van der Waals surface area contributed by atoms with Crippen LogP contribution in [0.5, 0.6) is 0 Å². The van der Waals surface area contributed by atoms with E-state index in [4.69, 9.17) is 16.3 Å². The van der Waals surface area contributed by atoms with Gasteiger partial charge in [0.1, 0.15) is 0 Å². The molecule has 3 nitrogen and oxygen atoms in total. The number of benzene rings is 1. The quantitative estimate of drug-likeness (QED) is 0.756. The highest BCUT2D eigenvalue weighted by molar-refractivity contribution is 6.30. The van der Waals surface area contributed by atoms with Crippen molar-refractivity contribution in [2.75, 3.05) is 19.7 Å². The summed E-state index contributed by atoms with van der Waals surface area (Å²) in [5.74, 6) is 0. The predicted molar refractivity (Wildman–Crippen MR) is 77.5 cm³/mol. The van der Waals surface area contributed by atoms with Crippen molar-refractivity contribution in [2.24, 2.45) is 0 Å². The molecule has 0 heterocycles. The fraction of sp³-hybridized carbons (Fsp3) is 0.600. The second-order valence-electron chi connectivity index (χ2n) is 5.05. The summed E-state index contributed by atoms with van der Waals surface area (Å²) in [6.07, 6.45) is 4.97. The summed E-state index contributed by atoms with van der Waals surface area (Å²) < 4.78 is 5.74. The minimum absolute atomic E-state index is 0.461. The highest BCUT2D eigenvalue weighted by Gasteiger charge is 2.14. The van der Waals surface area contributed by atoms with Crippen LogP contribution in [-0.4, -0.2) is 30.9 Å². The predicted octanol–water partition coefficient (Wildman–Crippen LogP) is 2.92. The van der Waals surface area contributed by atoms with Crippen molar-refractivity contribution in [3.63, 3.8) is 0 Å². The Morgan fingerprint density at radius 2 is 1.95 bits per heavy atom. The van der Waals surface area contributed by atoms with E-state index in [9.17, 15) is 5.11 Å². The fourth-order valence-corrected chi connectivity index (χ4v) is 2.52. The van der Waals surface area contributed by atoms with Gasteiger partial charge in [-0.3, -0.25) is 0 Å². The van der Waals surface area contributed by atoms with Crippen LogP contribution in [0.15, 0.2) is 24.3 Å². The molecule has 1 unspecified atom stereocenters. The molecule has 0 aliphatic heterocycles. The molecule has 4 heteroatoms. The van der Waals surface area contributed by atoms with Crippen LogP contribution in [0.3, 0.4) is 0 Å². The monoisotopic (exact) mass is 283 g/mol. The zero-order chi connectivity index (χ0) is 13.5. The van der Waals surface area contributed by atoms with Crippen molar-refractivity contribution >= 4 is 11.6 Å². The van der Waals surface area contributed by atoms with Crippen LogP contribution in [0.25, 0.3) is 0 Å². The summed E-state index contributed by atoms with van der Waals surface area (Å²) in [4.78, 5) is 0. The zero-order valence-corrected chi connectivity index (χ0v) is 11.9. The smallest absolute Gasteiger partial charge is 0.0914 e. The topological polar surface area (TPSA) is 41.5 Å². The molecule has 106 valence electrons. The summed E-state index contributed by atoms with van der Waals surface area (Å²) in [5, 5.41) is 13.9. The minimum atomic E-state index is -0.497. The lowest BCUT2D eigenvalue weighted by Gasteiger charge is -2.14. The maximum absolute atomic E-state index is 9.98. The first-order chi connectivity index (χ1) is 9.25. The van der Waals surface area contributed by atoms with Crippen molar-refractivity contribution in [3.05, 3.63) is 34.9 Å². The Morgan fingerprint density at radius 3 is 2.63 bits per heavy atom. The molecule has 0 saturated heterocycles.